The second kappa shape index (κ2) is 8.74. The second-order valence-electron chi connectivity index (χ2n) is 5.02. The Balaban J connectivity index is 1.91. The van der Waals surface area contributed by atoms with Crippen LogP contribution in [0.25, 0.3) is 0 Å². The Hall–Kier alpha value is -1.79. The van der Waals surface area contributed by atoms with E-state index in [4.69, 9.17) is 4.74 Å². The van der Waals surface area contributed by atoms with Gasteiger partial charge in [0, 0.05) is 9.77 Å². The summed E-state index contributed by atoms with van der Waals surface area (Å²) in [5, 5.41) is 4.84. The molecule has 0 radical (unpaired) electrons. The number of esters is 1. The Bertz CT molecular complexity index is 638. The zero-order chi connectivity index (χ0) is 16.7. The number of amides is 1. The predicted octanol–water partition coefficient (Wildman–Crippen LogP) is 3.57. The average Bonchev–Trinajstić information content (AvgIpc) is 3.08. The molecule has 0 aliphatic rings. The first-order valence-corrected chi connectivity index (χ1v) is 9.04. The highest BCUT2D eigenvalue weighted by molar-refractivity contribution is 8.00. The van der Waals surface area contributed by atoms with Gasteiger partial charge in [0.2, 0.25) is 5.91 Å². The van der Waals surface area contributed by atoms with Crippen LogP contribution in [-0.2, 0) is 14.3 Å². The summed E-state index contributed by atoms with van der Waals surface area (Å²) in [4.78, 5) is 25.7. The number of ether oxygens (including phenoxy) is 1. The molecule has 122 valence electrons. The summed E-state index contributed by atoms with van der Waals surface area (Å²) in [5.41, 5.74) is 1.19. The topological polar surface area (TPSA) is 55.4 Å². The number of aryl methyl sites for hydroxylation is 1. The molecule has 0 spiro atoms. The van der Waals surface area contributed by atoms with E-state index in [9.17, 15) is 9.59 Å². The Labute approximate surface area is 144 Å². The first-order chi connectivity index (χ1) is 11.1. The fourth-order valence-electron chi connectivity index (χ4n) is 1.98. The van der Waals surface area contributed by atoms with Crippen molar-refractivity contribution in [2.45, 2.75) is 24.3 Å². The fraction of sp³-hybridized carbons (Fsp3) is 0.294. The lowest BCUT2D eigenvalue weighted by Crippen LogP contribution is -2.31. The van der Waals surface area contributed by atoms with Crippen LogP contribution in [-0.4, -0.2) is 24.7 Å². The van der Waals surface area contributed by atoms with Crippen LogP contribution in [0.15, 0.2) is 46.7 Å². The normalized spacial score (nSPS) is 11.7. The minimum Gasteiger partial charge on any atom is -0.469 e. The highest BCUT2D eigenvalue weighted by atomic mass is 32.2. The molecule has 0 saturated carbocycles. The molecule has 0 fully saturated rings. The smallest absolute Gasteiger partial charge is 0.307 e. The lowest BCUT2D eigenvalue weighted by Gasteiger charge is -2.16. The third-order valence-corrected chi connectivity index (χ3v) is 5.21. The summed E-state index contributed by atoms with van der Waals surface area (Å²) in [6.07, 6.45) is 0.137. The molecule has 1 aromatic heterocycles. The van der Waals surface area contributed by atoms with E-state index in [0.717, 1.165) is 9.77 Å². The molecule has 0 saturated heterocycles. The van der Waals surface area contributed by atoms with Crippen LogP contribution in [0.4, 0.5) is 0 Å². The summed E-state index contributed by atoms with van der Waals surface area (Å²) >= 11 is 2.99. The molecule has 23 heavy (non-hydrogen) atoms. The van der Waals surface area contributed by atoms with E-state index in [-0.39, 0.29) is 24.3 Å². The van der Waals surface area contributed by atoms with Crippen molar-refractivity contribution in [3.63, 3.8) is 0 Å². The van der Waals surface area contributed by atoms with Crippen LogP contribution in [0.5, 0.6) is 0 Å². The summed E-state index contributed by atoms with van der Waals surface area (Å²) < 4.78 is 4.71. The van der Waals surface area contributed by atoms with Gasteiger partial charge in [0.1, 0.15) is 0 Å². The van der Waals surface area contributed by atoms with Crippen LogP contribution in [0, 0.1) is 6.92 Å². The molecule has 1 N–H and O–H groups in total. The zero-order valence-electron chi connectivity index (χ0n) is 13.1. The average molecular weight is 349 g/mol. The van der Waals surface area contributed by atoms with Gasteiger partial charge in [0.25, 0.3) is 0 Å². The van der Waals surface area contributed by atoms with Gasteiger partial charge in [-0.15, -0.1) is 23.1 Å². The first kappa shape index (κ1) is 17.6. The molecule has 0 aliphatic carbocycles. The summed E-state index contributed by atoms with van der Waals surface area (Å²) in [6, 6.07) is 11.5. The number of carbonyl (C=O) groups is 2. The number of methoxy groups -OCH3 is 1. The van der Waals surface area contributed by atoms with Gasteiger partial charge in [0.05, 0.1) is 25.3 Å². The van der Waals surface area contributed by atoms with E-state index in [0.29, 0.717) is 5.75 Å². The van der Waals surface area contributed by atoms with Gasteiger partial charge >= 0.3 is 5.97 Å². The number of rotatable bonds is 7. The van der Waals surface area contributed by atoms with Crippen LogP contribution >= 0.6 is 23.1 Å². The summed E-state index contributed by atoms with van der Waals surface area (Å²) in [6.45, 7) is 2.03. The molecule has 6 heteroatoms. The fourth-order valence-corrected chi connectivity index (χ4v) is 3.47. The number of thiophene rings is 1. The summed E-state index contributed by atoms with van der Waals surface area (Å²) in [5.74, 6) is -0.126. The quantitative estimate of drug-likeness (QED) is 0.613. The molecule has 1 atom stereocenters. The standard InChI is InChI=1S/C17H19NO3S2/c1-12-5-7-13(8-6-12)23-11-16(19)18-14(10-17(20)21-2)15-4-3-9-22-15/h3-9,14H,10-11H2,1-2H3,(H,18,19). The number of hydrogen-bond acceptors (Lipinski definition) is 5. The Morgan fingerprint density at radius 1 is 1.26 bits per heavy atom. The minimum absolute atomic E-state index is 0.0992. The Morgan fingerprint density at radius 2 is 2.00 bits per heavy atom. The SMILES string of the molecule is COC(=O)CC(NC(=O)CSc1ccc(C)cc1)c1cccs1. The maximum Gasteiger partial charge on any atom is 0.307 e. The van der Waals surface area contributed by atoms with Crippen LogP contribution < -0.4 is 5.32 Å². The van der Waals surface area contributed by atoms with Gasteiger partial charge in [-0.05, 0) is 30.5 Å². The van der Waals surface area contributed by atoms with Crippen molar-refractivity contribution >= 4 is 35.0 Å². The van der Waals surface area contributed by atoms with Crippen LogP contribution in [0.1, 0.15) is 22.9 Å². The highest BCUT2D eigenvalue weighted by Gasteiger charge is 2.19. The van der Waals surface area contributed by atoms with Crippen molar-refractivity contribution in [2.75, 3.05) is 12.9 Å². The van der Waals surface area contributed by atoms with E-state index in [1.165, 1.54) is 35.8 Å². The molecule has 2 aromatic rings. The van der Waals surface area contributed by atoms with Gasteiger partial charge in [-0.1, -0.05) is 23.8 Å². The van der Waals surface area contributed by atoms with Crippen molar-refractivity contribution in [1.82, 2.24) is 5.32 Å². The molecular formula is C17H19NO3S2. The maximum atomic E-state index is 12.2. The third kappa shape index (κ3) is 5.73. The largest absolute Gasteiger partial charge is 0.469 e. The predicted molar refractivity (Wildman–Crippen MR) is 93.7 cm³/mol. The Kier molecular flexibility index (Phi) is 6.67. The Morgan fingerprint density at radius 3 is 2.61 bits per heavy atom. The van der Waals surface area contributed by atoms with E-state index in [1.807, 2.05) is 48.7 Å². The molecular weight excluding hydrogens is 330 g/mol. The van der Waals surface area contributed by atoms with Crippen LogP contribution in [0.2, 0.25) is 0 Å². The van der Waals surface area contributed by atoms with Gasteiger partial charge < -0.3 is 10.1 Å². The first-order valence-electron chi connectivity index (χ1n) is 7.17. The van der Waals surface area contributed by atoms with E-state index in [2.05, 4.69) is 5.32 Å². The second-order valence-corrected chi connectivity index (χ2v) is 7.05. The molecule has 1 unspecified atom stereocenters. The molecule has 1 aromatic carbocycles. The number of benzene rings is 1. The minimum atomic E-state index is -0.339. The number of nitrogens with one attached hydrogen (secondary N) is 1. The van der Waals surface area contributed by atoms with Gasteiger partial charge in [-0.2, -0.15) is 0 Å². The van der Waals surface area contributed by atoms with Gasteiger partial charge in [-0.25, -0.2) is 0 Å². The third-order valence-electron chi connectivity index (χ3n) is 3.21. The van der Waals surface area contributed by atoms with Crippen molar-refractivity contribution < 1.29 is 14.3 Å². The van der Waals surface area contributed by atoms with E-state index in [1.54, 1.807) is 0 Å². The molecule has 0 aliphatic heterocycles. The molecule has 1 heterocycles. The van der Waals surface area contributed by atoms with E-state index >= 15 is 0 Å². The molecule has 0 bridgehead atoms. The number of hydrogen-bond donors (Lipinski definition) is 1. The summed E-state index contributed by atoms with van der Waals surface area (Å²) in [7, 11) is 1.35. The van der Waals surface area contributed by atoms with Crippen molar-refractivity contribution in [2.24, 2.45) is 0 Å². The maximum absolute atomic E-state index is 12.2. The van der Waals surface area contributed by atoms with Crippen molar-refractivity contribution in [3.8, 4) is 0 Å². The van der Waals surface area contributed by atoms with Gasteiger partial charge in [0.15, 0.2) is 0 Å². The molecule has 1 amide bonds. The number of carbonyl (C=O) groups excluding carboxylic acids is 2. The lowest BCUT2D eigenvalue weighted by molar-refractivity contribution is -0.141. The molecule has 4 nitrogen and oxygen atoms in total. The monoisotopic (exact) mass is 349 g/mol. The molecule has 2 rings (SSSR count). The van der Waals surface area contributed by atoms with E-state index < -0.39 is 0 Å². The van der Waals surface area contributed by atoms with Crippen molar-refractivity contribution in [3.05, 3.63) is 52.2 Å². The van der Waals surface area contributed by atoms with Crippen LogP contribution in [0.3, 0.4) is 0 Å². The highest BCUT2D eigenvalue weighted by Crippen LogP contribution is 2.23. The lowest BCUT2D eigenvalue weighted by atomic mass is 10.1. The van der Waals surface area contributed by atoms with Crippen molar-refractivity contribution in [1.29, 1.82) is 0 Å². The zero-order valence-corrected chi connectivity index (χ0v) is 14.7. The number of thioether (sulfide) groups is 1. The van der Waals surface area contributed by atoms with Gasteiger partial charge in [-0.3, -0.25) is 9.59 Å².